The minimum atomic E-state index is -0.628. The summed E-state index contributed by atoms with van der Waals surface area (Å²) >= 11 is 0. The van der Waals surface area contributed by atoms with Crippen LogP contribution in [-0.2, 0) is 17.8 Å². The van der Waals surface area contributed by atoms with Crippen LogP contribution in [0.2, 0.25) is 0 Å². The highest BCUT2D eigenvalue weighted by Gasteiger charge is 2.21. The van der Waals surface area contributed by atoms with Crippen molar-refractivity contribution in [3.05, 3.63) is 34.2 Å². The smallest absolute Gasteiger partial charge is 0.407 e. The Kier molecular flexibility index (Phi) is 7.76. The van der Waals surface area contributed by atoms with Crippen LogP contribution in [0, 0.1) is 5.92 Å². The van der Waals surface area contributed by atoms with E-state index in [0.717, 1.165) is 12.8 Å². The molecule has 30 heavy (non-hydrogen) atoms. The van der Waals surface area contributed by atoms with Crippen molar-refractivity contribution in [2.75, 3.05) is 6.61 Å². The fraction of sp³-hybridized carbons (Fsp3) is 0.565. The third-order valence-corrected chi connectivity index (χ3v) is 4.40. The van der Waals surface area contributed by atoms with E-state index in [9.17, 15) is 14.7 Å². The van der Waals surface area contributed by atoms with Gasteiger partial charge < -0.3 is 24.5 Å². The van der Waals surface area contributed by atoms with Crippen molar-refractivity contribution in [2.24, 2.45) is 5.92 Å². The number of alkyl carbamates (subject to hydrolysis) is 1. The van der Waals surface area contributed by atoms with E-state index in [4.69, 9.17) is 9.47 Å². The van der Waals surface area contributed by atoms with Crippen LogP contribution in [0.25, 0.3) is 10.8 Å². The van der Waals surface area contributed by atoms with E-state index < -0.39 is 11.7 Å². The first kappa shape index (κ1) is 23.6. The number of carbonyl (C=O) groups excluding carboxylic acids is 1. The van der Waals surface area contributed by atoms with E-state index in [0.29, 0.717) is 35.4 Å². The average molecular weight is 419 g/mol. The van der Waals surface area contributed by atoms with Crippen LogP contribution in [0.3, 0.4) is 0 Å². The summed E-state index contributed by atoms with van der Waals surface area (Å²) in [6.45, 7) is 12.5. The number of aromatic nitrogens is 1. The van der Waals surface area contributed by atoms with E-state index in [-0.39, 0.29) is 23.8 Å². The first-order valence-corrected chi connectivity index (χ1v) is 10.5. The molecule has 2 N–H and O–H groups in total. The van der Waals surface area contributed by atoms with E-state index in [1.165, 1.54) is 12.1 Å². The lowest BCUT2D eigenvalue weighted by molar-refractivity contribution is 0.0521. The molecule has 0 bridgehead atoms. The molecule has 0 saturated carbocycles. The molecule has 0 radical (unpaired) electrons. The Balaban J connectivity index is 2.59. The summed E-state index contributed by atoms with van der Waals surface area (Å²) in [6.07, 6.45) is 1.24. The topological polar surface area (TPSA) is 89.8 Å². The summed E-state index contributed by atoms with van der Waals surface area (Å²) in [4.78, 5) is 25.5. The van der Waals surface area contributed by atoms with Crippen LogP contribution in [0.1, 0.15) is 60.1 Å². The highest BCUT2D eigenvalue weighted by molar-refractivity contribution is 5.89. The van der Waals surface area contributed by atoms with Gasteiger partial charge in [0.2, 0.25) is 0 Å². The van der Waals surface area contributed by atoms with Crippen LogP contribution >= 0.6 is 0 Å². The highest BCUT2D eigenvalue weighted by atomic mass is 16.6. The minimum absolute atomic E-state index is 0.0508. The van der Waals surface area contributed by atoms with Gasteiger partial charge in [-0.05, 0) is 51.3 Å². The Labute approximate surface area is 178 Å². The molecule has 1 aromatic carbocycles. The molecule has 0 aliphatic carbocycles. The molecule has 0 saturated heterocycles. The van der Waals surface area contributed by atoms with Crippen molar-refractivity contribution in [1.82, 2.24) is 9.88 Å². The molecule has 0 aliphatic rings. The molecule has 1 amide bonds. The first-order valence-electron chi connectivity index (χ1n) is 10.5. The maximum absolute atomic E-state index is 13.2. The van der Waals surface area contributed by atoms with Crippen molar-refractivity contribution >= 4 is 16.9 Å². The maximum atomic E-state index is 13.2. The maximum Gasteiger partial charge on any atom is 0.407 e. The Morgan fingerprint density at radius 3 is 2.53 bits per heavy atom. The number of hydrogen-bond donors (Lipinski definition) is 2. The van der Waals surface area contributed by atoms with Gasteiger partial charge in [-0.3, -0.25) is 4.79 Å². The number of phenols is 1. The van der Waals surface area contributed by atoms with Crippen molar-refractivity contribution in [3.8, 4) is 11.5 Å². The fourth-order valence-corrected chi connectivity index (χ4v) is 3.14. The number of phenolic OH excluding ortho intramolecular Hbond substituents is 1. The van der Waals surface area contributed by atoms with Crippen LogP contribution in [-0.4, -0.2) is 28.0 Å². The number of benzene rings is 1. The SMILES string of the molecule is CCCCOc1c(CNC(=O)OC(C)(C)C)n(CC(C)C)c(=O)c2ccc(O)cc12. The monoisotopic (exact) mass is 418 g/mol. The third kappa shape index (κ3) is 6.15. The number of rotatable bonds is 8. The van der Waals surface area contributed by atoms with Crippen molar-refractivity contribution in [3.63, 3.8) is 0 Å². The van der Waals surface area contributed by atoms with Gasteiger partial charge in [-0.1, -0.05) is 27.2 Å². The summed E-state index contributed by atoms with van der Waals surface area (Å²) in [5.74, 6) is 0.765. The van der Waals surface area contributed by atoms with Crippen LogP contribution in [0.5, 0.6) is 11.5 Å². The van der Waals surface area contributed by atoms with E-state index in [1.807, 2.05) is 13.8 Å². The molecular weight excluding hydrogens is 384 g/mol. The van der Waals surface area contributed by atoms with E-state index in [1.54, 1.807) is 31.4 Å². The van der Waals surface area contributed by atoms with Gasteiger partial charge in [-0.25, -0.2) is 4.79 Å². The van der Waals surface area contributed by atoms with Crippen molar-refractivity contribution in [1.29, 1.82) is 0 Å². The zero-order chi connectivity index (χ0) is 22.5. The number of carbonyl (C=O) groups is 1. The molecule has 0 aliphatic heterocycles. The summed E-state index contributed by atoms with van der Waals surface area (Å²) in [5.41, 5.74) is -0.242. The predicted molar refractivity (Wildman–Crippen MR) is 118 cm³/mol. The van der Waals surface area contributed by atoms with Gasteiger partial charge in [0, 0.05) is 11.9 Å². The lowest BCUT2D eigenvalue weighted by Gasteiger charge is -2.23. The molecule has 0 spiro atoms. The zero-order valence-electron chi connectivity index (χ0n) is 18.9. The summed E-state index contributed by atoms with van der Waals surface area (Å²) < 4.78 is 13.1. The Morgan fingerprint density at radius 2 is 1.93 bits per heavy atom. The fourth-order valence-electron chi connectivity index (χ4n) is 3.14. The molecule has 166 valence electrons. The summed E-state index contributed by atoms with van der Waals surface area (Å²) in [5, 5.41) is 13.8. The Morgan fingerprint density at radius 1 is 1.23 bits per heavy atom. The molecule has 2 aromatic rings. The lowest BCUT2D eigenvalue weighted by Crippen LogP contribution is -2.35. The highest BCUT2D eigenvalue weighted by Crippen LogP contribution is 2.31. The second-order valence-corrected chi connectivity index (χ2v) is 8.87. The number of nitrogens with one attached hydrogen (secondary N) is 1. The second kappa shape index (κ2) is 9.87. The number of aromatic hydroxyl groups is 1. The lowest BCUT2D eigenvalue weighted by atomic mass is 10.1. The molecule has 2 rings (SSSR count). The summed E-state index contributed by atoms with van der Waals surface area (Å²) in [7, 11) is 0. The molecule has 0 fully saturated rings. The number of amides is 1. The van der Waals surface area contributed by atoms with Crippen molar-refractivity contribution < 1.29 is 19.4 Å². The third-order valence-electron chi connectivity index (χ3n) is 4.40. The van der Waals surface area contributed by atoms with Crippen LogP contribution in [0.4, 0.5) is 4.79 Å². The number of unbranched alkanes of at least 4 members (excludes halogenated alkanes) is 1. The van der Waals surface area contributed by atoms with Gasteiger partial charge >= 0.3 is 6.09 Å². The standard InChI is InChI=1S/C23H34N2O5/c1-7-8-11-29-20-18-12-16(26)9-10-17(18)21(27)25(14-15(2)3)19(20)13-24-22(28)30-23(4,5)6/h9-10,12,15,26H,7-8,11,13-14H2,1-6H3,(H,24,28). The molecule has 0 atom stereocenters. The van der Waals surface area contributed by atoms with Gasteiger partial charge in [-0.2, -0.15) is 0 Å². The van der Waals surface area contributed by atoms with Crippen LogP contribution < -0.4 is 15.6 Å². The van der Waals surface area contributed by atoms with Gasteiger partial charge in [0.15, 0.2) is 0 Å². The van der Waals surface area contributed by atoms with Gasteiger partial charge in [0.25, 0.3) is 5.56 Å². The molecule has 1 heterocycles. The van der Waals surface area contributed by atoms with E-state index >= 15 is 0 Å². The largest absolute Gasteiger partial charge is 0.508 e. The number of pyridine rings is 1. The van der Waals surface area contributed by atoms with Gasteiger partial charge in [-0.15, -0.1) is 0 Å². The zero-order valence-corrected chi connectivity index (χ0v) is 18.9. The summed E-state index contributed by atoms with van der Waals surface area (Å²) in [6, 6.07) is 4.65. The van der Waals surface area contributed by atoms with Gasteiger partial charge in [0.1, 0.15) is 17.1 Å². The van der Waals surface area contributed by atoms with Crippen molar-refractivity contribution in [2.45, 2.75) is 73.1 Å². The molecule has 0 unspecified atom stereocenters. The minimum Gasteiger partial charge on any atom is -0.508 e. The van der Waals surface area contributed by atoms with E-state index in [2.05, 4.69) is 12.2 Å². The normalized spacial score (nSPS) is 11.7. The first-order chi connectivity index (χ1) is 14.0. The number of ether oxygens (including phenoxy) is 2. The Hall–Kier alpha value is -2.70. The van der Waals surface area contributed by atoms with Gasteiger partial charge in [0.05, 0.1) is 24.2 Å². The molecule has 1 aromatic heterocycles. The quantitative estimate of drug-likeness (QED) is 0.613. The number of fused-ring (bicyclic) bond motifs is 1. The second-order valence-electron chi connectivity index (χ2n) is 8.87. The molecule has 7 nitrogen and oxygen atoms in total. The van der Waals surface area contributed by atoms with Crippen LogP contribution in [0.15, 0.2) is 23.0 Å². The molecular formula is C23H34N2O5. The Bertz CT molecular complexity index is 941. The number of nitrogens with zero attached hydrogens (tertiary/aromatic N) is 1. The number of hydrogen-bond acceptors (Lipinski definition) is 5. The predicted octanol–water partition coefficient (Wildman–Crippen LogP) is 4.57. The molecule has 7 heteroatoms. The average Bonchev–Trinajstić information content (AvgIpc) is 2.62.